The van der Waals surface area contributed by atoms with Crippen LogP contribution in [0.2, 0.25) is 0 Å². The number of hydrogen-bond donors (Lipinski definition) is 1. The van der Waals surface area contributed by atoms with E-state index in [1.54, 1.807) is 29.4 Å². The van der Waals surface area contributed by atoms with Crippen LogP contribution in [0.1, 0.15) is 37.1 Å². The minimum absolute atomic E-state index is 0.00874. The minimum Gasteiger partial charge on any atom is -0.342 e. The molecule has 1 amide bonds. The van der Waals surface area contributed by atoms with Crippen molar-refractivity contribution >= 4 is 39.2 Å². The maximum Gasteiger partial charge on any atom is 0.223 e. The maximum atomic E-state index is 12.6. The van der Waals surface area contributed by atoms with Crippen LogP contribution in [0.25, 0.3) is 10.2 Å². The highest BCUT2D eigenvalue weighted by atomic mass is 32.2. The Morgan fingerprint density at radius 3 is 2.92 bits per heavy atom. The number of piperidine rings is 1. The zero-order valence-corrected chi connectivity index (χ0v) is 17.0. The van der Waals surface area contributed by atoms with Gasteiger partial charge in [-0.3, -0.25) is 4.79 Å². The number of nitrogens with two attached hydrogens (primary N) is 1. The number of carbonyl (C=O) groups is 1. The molecule has 0 spiro atoms. The number of hydrogen-bond acceptors (Lipinski definition) is 6. The quantitative estimate of drug-likeness (QED) is 0.652. The van der Waals surface area contributed by atoms with Gasteiger partial charge in [0.2, 0.25) is 5.91 Å². The second-order valence-electron chi connectivity index (χ2n) is 7.44. The average molecular weight is 379 g/mol. The molecule has 1 fully saturated rings. The van der Waals surface area contributed by atoms with Gasteiger partial charge < -0.3 is 10.6 Å². The summed E-state index contributed by atoms with van der Waals surface area (Å²) in [6.45, 7) is 10.0. The smallest absolute Gasteiger partial charge is 0.223 e. The van der Waals surface area contributed by atoms with Gasteiger partial charge in [0.1, 0.15) is 16.2 Å². The average Bonchev–Trinajstić information content (AvgIpc) is 2.85. The molecule has 0 aromatic carbocycles. The number of likely N-dealkylation sites (tertiary alicyclic amines) is 1. The fourth-order valence-corrected chi connectivity index (χ4v) is 5.29. The lowest BCUT2D eigenvalue weighted by Crippen LogP contribution is -2.54. The summed E-state index contributed by atoms with van der Waals surface area (Å²) in [5, 5.41) is 2.13. The molecule has 1 saturated heterocycles. The molecule has 3 rings (SSSR count). The number of rotatable bonds is 4. The van der Waals surface area contributed by atoms with Gasteiger partial charge in [0.05, 0.1) is 0 Å². The number of thiophene rings is 1. The van der Waals surface area contributed by atoms with Crippen LogP contribution in [0, 0.1) is 19.3 Å². The van der Waals surface area contributed by atoms with Crippen molar-refractivity contribution in [2.24, 2.45) is 11.1 Å². The molecule has 5 nitrogen and oxygen atoms in total. The van der Waals surface area contributed by atoms with Crippen molar-refractivity contribution in [3.63, 3.8) is 0 Å². The third kappa shape index (κ3) is 3.83. The van der Waals surface area contributed by atoms with Crippen LogP contribution in [-0.4, -0.2) is 45.7 Å². The molecule has 1 unspecified atom stereocenters. The van der Waals surface area contributed by atoms with Gasteiger partial charge in [-0.15, -0.1) is 23.1 Å². The molecular weight excluding hydrogens is 352 g/mol. The van der Waals surface area contributed by atoms with Gasteiger partial charge >= 0.3 is 0 Å². The van der Waals surface area contributed by atoms with Crippen molar-refractivity contribution in [2.45, 2.75) is 51.6 Å². The van der Waals surface area contributed by atoms with Crippen molar-refractivity contribution in [1.29, 1.82) is 0 Å². The van der Waals surface area contributed by atoms with E-state index in [4.69, 9.17) is 5.73 Å². The zero-order valence-electron chi connectivity index (χ0n) is 15.3. The Morgan fingerprint density at radius 1 is 1.44 bits per heavy atom. The van der Waals surface area contributed by atoms with E-state index >= 15 is 0 Å². The topological polar surface area (TPSA) is 72.1 Å². The normalized spacial score (nSPS) is 20.2. The van der Waals surface area contributed by atoms with Gasteiger partial charge in [0.15, 0.2) is 0 Å². The summed E-state index contributed by atoms with van der Waals surface area (Å²) in [5.41, 5.74) is 7.41. The number of amides is 1. The van der Waals surface area contributed by atoms with Gasteiger partial charge in [0.25, 0.3) is 0 Å². The van der Waals surface area contributed by atoms with Crippen molar-refractivity contribution in [2.75, 3.05) is 18.8 Å². The van der Waals surface area contributed by atoms with E-state index in [-0.39, 0.29) is 17.4 Å². The highest BCUT2D eigenvalue weighted by molar-refractivity contribution is 7.99. The molecule has 1 aliphatic rings. The lowest BCUT2D eigenvalue weighted by atomic mass is 9.79. The number of aromatic nitrogens is 2. The van der Waals surface area contributed by atoms with E-state index < -0.39 is 0 Å². The molecule has 25 heavy (non-hydrogen) atoms. The number of aryl methyl sites for hydroxylation is 2. The third-order valence-corrected chi connectivity index (χ3v) is 7.26. The Kier molecular flexibility index (Phi) is 5.37. The number of thioether (sulfide) groups is 1. The highest BCUT2D eigenvalue weighted by Gasteiger charge is 2.35. The summed E-state index contributed by atoms with van der Waals surface area (Å²) in [6, 6.07) is 0.171. The molecule has 0 aliphatic carbocycles. The second kappa shape index (κ2) is 7.21. The van der Waals surface area contributed by atoms with Crippen LogP contribution in [0.3, 0.4) is 0 Å². The van der Waals surface area contributed by atoms with Gasteiger partial charge in [-0.2, -0.15) is 0 Å². The van der Waals surface area contributed by atoms with Crippen LogP contribution in [0.15, 0.2) is 11.4 Å². The van der Waals surface area contributed by atoms with E-state index in [0.29, 0.717) is 6.42 Å². The summed E-state index contributed by atoms with van der Waals surface area (Å²) in [5.74, 6) is 0.957. The molecule has 3 heterocycles. The molecule has 2 aromatic heterocycles. The summed E-state index contributed by atoms with van der Waals surface area (Å²) >= 11 is 3.36. The first-order chi connectivity index (χ1) is 11.8. The van der Waals surface area contributed by atoms with Gasteiger partial charge in [-0.25, -0.2) is 9.97 Å². The van der Waals surface area contributed by atoms with Crippen LogP contribution >= 0.6 is 23.1 Å². The van der Waals surface area contributed by atoms with E-state index in [0.717, 1.165) is 40.5 Å². The summed E-state index contributed by atoms with van der Waals surface area (Å²) in [6.07, 6.45) is 3.03. The van der Waals surface area contributed by atoms with Crippen LogP contribution < -0.4 is 5.73 Å². The predicted octanol–water partition coefficient (Wildman–Crippen LogP) is 3.38. The SMILES string of the molecule is Cc1sc2ncnc(SCCC(=O)N3CCC(N)C(C)(C)C3)c2c1C. The molecule has 0 radical (unpaired) electrons. The third-order valence-electron chi connectivity index (χ3n) is 5.15. The Hall–Kier alpha value is -1.18. The molecule has 0 saturated carbocycles. The molecule has 1 atom stereocenters. The van der Waals surface area contributed by atoms with Crippen LogP contribution in [0.5, 0.6) is 0 Å². The Labute approximate surface area is 157 Å². The van der Waals surface area contributed by atoms with Crippen LogP contribution in [-0.2, 0) is 4.79 Å². The van der Waals surface area contributed by atoms with Crippen molar-refractivity contribution in [3.8, 4) is 0 Å². The molecule has 2 N–H and O–H groups in total. The molecule has 7 heteroatoms. The van der Waals surface area contributed by atoms with Gasteiger partial charge in [0, 0.05) is 41.6 Å². The van der Waals surface area contributed by atoms with E-state index in [1.165, 1.54) is 10.4 Å². The van der Waals surface area contributed by atoms with E-state index in [9.17, 15) is 4.79 Å². The summed E-state index contributed by atoms with van der Waals surface area (Å²) in [7, 11) is 0. The number of carbonyl (C=O) groups excluding carboxylic acids is 1. The van der Waals surface area contributed by atoms with Gasteiger partial charge in [-0.05, 0) is 31.2 Å². The highest BCUT2D eigenvalue weighted by Crippen LogP contribution is 2.35. The fraction of sp³-hybridized carbons (Fsp3) is 0.611. The predicted molar refractivity (Wildman–Crippen MR) is 105 cm³/mol. The lowest BCUT2D eigenvalue weighted by Gasteiger charge is -2.42. The lowest BCUT2D eigenvalue weighted by molar-refractivity contribution is -0.134. The Balaban J connectivity index is 1.61. The minimum atomic E-state index is -0.00874. The first-order valence-corrected chi connectivity index (χ1v) is 10.5. The Bertz CT molecular complexity index is 787. The van der Waals surface area contributed by atoms with Gasteiger partial charge in [-0.1, -0.05) is 13.8 Å². The summed E-state index contributed by atoms with van der Waals surface area (Å²) in [4.78, 5) is 25.7. The first kappa shape index (κ1) is 18.6. The maximum absolute atomic E-state index is 12.6. The molecule has 1 aliphatic heterocycles. The molecule has 0 bridgehead atoms. The first-order valence-electron chi connectivity index (χ1n) is 8.66. The molecule has 2 aromatic rings. The van der Waals surface area contributed by atoms with Crippen molar-refractivity contribution < 1.29 is 4.79 Å². The summed E-state index contributed by atoms with van der Waals surface area (Å²) < 4.78 is 0. The second-order valence-corrected chi connectivity index (χ2v) is 9.73. The van der Waals surface area contributed by atoms with E-state index in [2.05, 4.69) is 37.7 Å². The van der Waals surface area contributed by atoms with Crippen molar-refractivity contribution in [1.82, 2.24) is 14.9 Å². The Morgan fingerprint density at radius 2 is 2.20 bits per heavy atom. The van der Waals surface area contributed by atoms with Crippen molar-refractivity contribution in [3.05, 3.63) is 16.8 Å². The van der Waals surface area contributed by atoms with E-state index in [1.807, 2.05) is 4.90 Å². The largest absolute Gasteiger partial charge is 0.342 e. The number of fused-ring (bicyclic) bond motifs is 1. The number of nitrogens with zero attached hydrogens (tertiary/aromatic N) is 3. The van der Waals surface area contributed by atoms with Crippen LogP contribution in [0.4, 0.5) is 0 Å². The molecule has 136 valence electrons. The monoisotopic (exact) mass is 378 g/mol. The zero-order chi connectivity index (χ0) is 18.2. The fourth-order valence-electron chi connectivity index (χ4n) is 3.24. The standard InChI is InChI=1S/C18H26N4OS2/c1-11-12(2)25-17-15(11)16(20-10-21-17)24-8-6-14(23)22-7-5-13(19)18(3,4)9-22/h10,13H,5-9,19H2,1-4H3. The molecular formula is C18H26N4OS2.